The molecule has 0 spiro atoms. The van der Waals surface area contributed by atoms with E-state index in [1.54, 1.807) is 12.1 Å². The maximum absolute atomic E-state index is 11.9. The molecule has 1 aromatic rings. The number of nitrogens with one attached hydrogen (secondary N) is 1. The van der Waals surface area contributed by atoms with E-state index < -0.39 is 4.92 Å². The van der Waals surface area contributed by atoms with E-state index in [4.69, 9.17) is 5.73 Å². The van der Waals surface area contributed by atoms with Crippen LogP contribution >= 0.6 is 0 Å². The summed E-state index contributed by atoms with van der Waals surface area (Å²) in [6.45, 7) is 1.86. The molecule has 108 valence electrons. The summed E-state index contributed by atoms with van der Waals surface area (Å²) in [7, 11) is 0. The van der Waals surface area contributed by atoms with Gasteiger partial charge in [0, 0.05) is 29.3 Å². The van der Waals surface area contributed by atoms with Crippen LogP contribution in [0.2, 0.25) is 0 Å². The first-order valence-corrected chi connectivity index (χ1v) is 6.79. The molecule has 0 heterocycles. The highest BCUT2D eigenvalue weighted by atomic mass is 16.6. The molecule has 1 aliphatic rings. The zero-order chi connectivity index (χ0) is 14.8. The van der Waals surface area contributed by atoms with E-state index in [-0.39, 0.29) is 23.6 Å². The molecule has 1 amide bonds. The number of amides is 1. The van der Waals surface area contributed by atoms with Crippen molar-refractivity contribution >= 4 is 17.3 Å². The van der Waals surface area contributed by atoms with E-state index >= 15 is 0 Å². The molecule has 20 heavy (non-hydrogen) atoms. The zero-order valence-corrected chi connectivity index (χ0v) is 11.5. The van der Waals surface area contributed by atoms with Gasteiger partial charge < -0.3 is 11.1 Å². The van der Waals surface area contributed by atoms with E-state index in [1.165, 1.54) is 6.07 Å². The van der Waals surface area contributed by atoms with Crippen LogP contribution in [0, 0.1) is 10.1 Å². The van der Waals surface area contributed by atoms with Crippen molar-refractivity contribution < 1.29 is 9.72 Å². The van der Waals surface area contributed by atoms with Gasteiger partial charge in [-0.3, -0.25) is 14.9 Å². The minimum Gasteiger partial charge on any atom is -0.326 e. The van der Waals surface area contributed by atoms with Crippen LogP contribution < -0.4 is 11.1 Å². The summed E-state index contributed by atoms with van der Waals surface area (Å²) in [6.07, 6.45) is 3.61. The molecular weight excluding hydrogens is 258 g/mol. The van der Waals surface area contributed by atoms with Crippen LogP contribution in [-0.2, 0) is 11.2 Å². The van der Waals surface area contributed by atoms with Gasteiger partial charge in [-0.25, -0.2) is 0 Å². The molecule has 0 unspecified atom stereocenters. The molecule has 1 aromatic carbocycles. The Hall–Kier alpha value is -1.95. The Morgan fingerprint density at radius 2 is 2.20 bits per heavy atom. The van der Waals surface area contributed by atoms with Crippen LogP contribution in [0.3, 0.4) is 0 Å². The summed E-state index contributed by atoms with van der Waals surface area (Å²) in [5.74, 6) is -0.189. The van der Waals surface area contributed by atoms with Gasteiger partial charge in [-0.05, 0) is 31.7 Å². The highest BCUT2D eigenvalue weighted by molar-refractivity contribution is 5.92. The fourth-order valence-electron chi connectivity index (χ4n) is 2.44. The molecular formula is C14H19N3O3. The second-order valence-electron chi connectivity index (χ2n) is 5.40. The SMILES string of the molecule is CCc1ccc(NC(=O)CC2(N)CCC2)cc1[N+](=O)[O-]. The first-order chi connectivity index (χ1) is 9.43. The molecule has 0 aromatic heterocycles. The lowest BCUT2D eigenvalue weighted by Crippen LogP contribution is -2.48. The number of nitrogens with zero attached hydrogens (tertiary/aromatic N) is 1. The Morgan fingerprint density at radius 3 is 2.70 bits per heavy atom. The largest absolute Gasteiger partial charge is 0.326 e. The molecule has 0 saturated heterocycles. The molecule has 6 nitrogen and oxygen atoms in total. The summed E-state index contributed by atoms with van der Waals surface area (Å²) >= 11 is 0. The predicted octanol–water partition coefficient (Wildman–Crippen LogP) is 2.37. The smallest absolute Gasteiger partial charge is 0.274 e. The van der Waals surface area contributed by atoms with Crippen LogP contribution in [0.4, 0.5) is 11.4 Å². The van der Waals surface area contributed by atoms with Gasteiger partial charge >= 0.3 is 0 Å². The number of aryl methyl sites for hydroxylation is 1. The van der Waals surface area contributed by atoms with E-state index in [2.05, 4.69) is 5.32 Å². The van der Waals surface area contributed by atoms with Crippen molar-refractivity contribution in [3.8, 4) is 0 Å². The van der Waals surface area contributed by atoms with Crippen LogP contribution in [0.15, 0.2) is 18.2 Å². The van der Waals surface area contributed by atoms with Crippen LogP contribution in [0.25, 0.3) is 0 Å². The Morgan fingerprint density at radius 1 is 1.50 bits per heavy atom. The van der Waals surface area contributed by atoms with Crippen LogP contribution in [0.5, 0.6) is 0 Å². The first kappa shape index (κ1) is 14.5. The molecule has 1 saturated carbocycles. The zero-order valence-electron chi connectivity index (χ0n) is 11.5. The van der Waals surface area contributed by atoms with Gasteiger partial charge in [0.25, 0.3) is 5.69 Å². The summed E-state index contributed by atoms with van der Waals surface area (Å²) in [5.41, 5.74) is 6.76. The number of benzene rings is 1. The molecule has 6 heteroatoms. The summed E-state index contributed by atoms with van der Waals surface area (Å²) in [6, 6.07) is 4.77. The average molecular weight is 277 g/mol. The number of hydrogen-bond acceptors (Lipinski definition) is 4. The van der Waals surface area contributed by atoms with Crippen molar-refractivity contribution in [2.24, 2.45) is 5.73 Å². The van der Waals surface area contributed by atoms with Gasteiger partial charge in [-0.15, -0.1) is 0 Å². The number of carbonyl (C=O) groups is 1. The Bertz CT molecular complexity index is 538. The predicted molar refractivity (Wildman–Crippen MR) is 76.5 cm³/mol. The third-order valence-corrected chi connectivity index (χ3v) is 3.81. The lowest BCUT2D eigenvalue weighted by Gasteiger charge is -2.37. The molecule has 0 radical (unpaired) electrons. The maximum Gasteiger partial charge on any atom is 0.274 e. The highest BCUT2D eigenvalue weighted by Crippen LogP contribution is 2.32. The highest BCUT2D eigenvalue weighted by Gasteiger charge is 2.34. The molecule has 1 fully saturated rings. The average Bonchev–Trinajstić information content (AvgIpc) is 2.36. The van der Waals surface area contributed by atoms with Gasteiger partial charge in [0.1, 0.15) is 0 Å². The van der Waals surface area contributed by atoms with E-state index in [1.807, 2.05) is 6.92 Å². The quantitative estimate of drug-likeness (QED) is 0.637. The second-order valence-corrected chi connectivity index (χ2v) is 5.40. The second kappa shape index (κ2) is 5.58. The number of anilines is 1. The summed E-state index contributed by atoms with van der Waals surface area (Å²) in [5, 5.41) is 13.7. The Balaban J connectivity index is 2.07. The molecule has 1 aliphatic carbocycles. The van der Waals surface area contributed by atoms with E-state index in [9.17, 15) is 14.9 Å². The van der Waals surface area contributed by atoms with Crippen molar-refractivity contribution in [3.05, 3.63) is 33.9 Å². The molecule has 0 aliphatic heterocycles. The van der Waals surface area contributed by atoms with Gasteiger partial charge in [-0.1, -0.05) is 13.0 Å². The van der Waals surface area contributed by atoms with Gasteiger partial charge in [-0.2, -0.15) is 0 Å². The molecule has 3 N–H and O–H groups in total. The number of nitrogens with two attached hydrogens (primary N) is 1. The minimum atomic E-state index is -0.426. The first-order valence-electron chi connectivity index (χ1n) is 6.79. The number of carbonyl (C=O) groups excluding carboxylic acids is 1. The maximum atomic E-state index is 11.9. The lowest BCUT2D eigenvalue weighted by atomic mass is 9.75. The van der Waals surface area contributed by atoms with Gasteiger partial charge in [0.15, 0.2) is 0 Å². The molecule has 2 rings (SSSR count). The van der Waals surface area contributed by atoms with E-state index in [0.29, 0.717) is 17.7 Å². The topological polar surface area (TPSA) is 98.3 Å². The summed E-state index contributed by atoms with van der Waals surface area (Å²) < 4.78 is 0. The number of nitro benzene ring substituents is 1. The fourth-order valence-corrected chi connectivity index (χ4v) is 2.44. The number of hydrogen-bond donors (Lipinski definition) is 2. The lowest BCUT2D eigenvalue weighted by molar-refractivity contribution is -0.385. The normalized spacial score (nSPS) is 16.3. The monoisotopic (exact) mass is 277 g/mol. The van der Waals surface area contributed by atoms with Crippen LogP contribution in [-0.4, -0.2) is 16.4 Å². The third-order valence-electron chi connectivity index (χ3n) is 3.81. The van der Waals surface area contributed by atoms with Crippen molar-refractivity contribution in [1.29, 1.82) is 0 Å². The minimum absolute atomic E-state index is 0.0383. The van der Waals surface area contributed by atoms with Crippen molar-refractivity contribution in [1.82, 2.24) is 0 Å². The van der Waals surface area contributed by atoms with Crippen molar-refractivity contribution in [3.63, 3.8) is 0 Å². The van der Waals surface area contributed by atoms with E-state index in [0.717, 1.165) is 19.3 Å². The Labute approximate surface area is 117 Å². The fraction of sp³-hybridized carbons (Fsp3) is 0.500. The van der Waals surface area contributed by atoms with Gasteiger partial charge in [0.05, 0.1) is 4.92 Å². The van der Waals surface area contributed by atoms with Crippen molar-refractivity contribution in [2.45, 2.75) is 44.6 Å². The molecule has 0 atom stereocenters. The van der Waals surface area contributed by atoms with Crippen LogP contribution in [0.1, 0.15) is 38.2 Å². The standard InChI is InChI=1S/C14H19N3O3/c1-2-10-4-5-11(8-12(10)17(19)20)16-13(18)9-14(15)6-3-7-14/h4-5,8H,2-3,6-7,9,15H2,1H3,(H,16,18). The Kier molecular flexibility index (Phi) is 4.04. The summed E-state index contributed by atoms with van der Waals surface area (Å²) in [4.78, 5) is 22.4. The van der Waals surface area contributed by atoms with Gasteiger partial charge in [0.2, 0.25) is 5.91 Å². The number of nitro groups is 1. The third kappa shape index (κ3) is 3.14. The van der Waals surface area contributed by atoms with Crippen molar-refractivity contribution in [2.75, 3.05) is 5.32 Å². The molecule has 0 bridgehead atoms. The number of rotatable bonds is 5.